The Kier molecular flexibility index (Phi) is 4.70. The van der Waals surface area contributed by atoms with E-state index in [1.165, 1.54) is 13.0 Å². The number of hydrogen-bond acceptors (Lipinski definition) is 3. The van der Waals surface area contributed by atoms with Gasteiger partial charge in [-0.1, -0.05) is 6.07 Å². The van der Waals surface area contributed by atoms with Crippen molar-refractivity contribution >= 4 is 17.1 Å². The molecule has 0 aliphatic heterocycles. The number of halogens is 2. The lowest BCUT2D eigenvalue weighted by molar-refractivity contribution is 0.191. The van der Waals surface area contributed by atoms with E-state index in [4.69, 9.17) is 9.52 Å². The number of hydrogen-bond donors (Lipinski definition) is 2. The zero-order valence-electron chi connectivity index (χ0n) is 14.9. The monoisotopic (exact) mass is 373 g/mol. The molecule has 1 heterocycles. The maximum atomic E-state index is 14.3. The summed E-state index contributed by atoms with van der Waals surface area (Å²) in [4.78, 5) is 23.9. The van der Waals surface area contributed by atoms with E-state index in [0.29, 0.717) is 11.6 Å². The Balaban J connectivity index is 2.35. The molecular weight excluding hydrogens is 356 g/mol. The Morgan fingerprint density at radius 1 is 1.19 bits per heavy atom. The second-order valence-corrected chi connectivity index (χ2v) is 6.41. The molecule has 0 aliphatic carbocycles. The Morgan fingerprint density at radius 3 is 2.52 bits per heavy atom. The lowest BCUT2D eigenvalue weighted by Gasteiger charge is -2.16. The first kappa shape index (κ1) is 18.6. The van der Waals surface area contributed by atoms with E-state index in [9.17, 15) is 18.4 Å². The topological polar surface area (TPSA) is 79.5 Å². The van der Waals surface area contributed by atoms with Gasteiger partial charge in [0, 0.05) is 17.2 Å². The minimum atomic E-state index is -1.23. The molecule has 0 spiro atoms. The maximum Gasteiger partial charge on any atom is 0.405 e. The number of aryl methyl sites for hydroxylation is 1. The lowest BCUT2D eigenvalue weighted by atomic mass is 9.99. The van der Waals surface area contributed by atoms with Crippen LogP contribution in [0, 0.1) is 25.5 Å². The second kappa shape index (κ2) is 6.83. The van der Waals surface area contributed by atoms with Crippen LogP contribution < -0.4 is 10.7 Å². The van der Waals surface area contributed by atoms with E-state index >= 15 is 0 Å². The van der Waals surface area contributed by atoms with Gasteiger partial charge in [-0.25, -0.2) is 13.6 Å². The standard InChI is InChI=1S/C20H17F2NO4/c1-9-6-14(11(3)23-20(25)26)19-15(7-9)17(24)10(2)18(27-19)13-5-4-12(21)8-16(13)22/h4-8,11,23H,1-3H3,(H,25,26). The minimum Gasteiger partial charge on any atom is -0.465 e. The average molecular weight is 373 g/mol. The van der Waals surface area contributed by atoms with Gasteiger partial charge in [0.15, 0.2) is 5.43 Å². The molecule has 1 aromatic heterocycles. The molecule has 0 bridgehead atoms. The summed E-state index contributed by atoms with van der Waals surface area (Å²) in [6.07, 6.45) is -1.23. The summed E-state index contributed by atoms with van der Waals surface area (Å²) in [7, 11) is 0. The minimum absolute atomic E-state index is 0.0161. The molecule has 1 unspecified atom stereocenters. The van der Waals surface area contributed by atoms with Gasteiger partial charge in [0.05, 0.1) is 17.0 Å². The van der Waals surface area contributed by atoms with Crippen molar-refractivity contribution in [2.24, 2.45) is 0 Å². The van der Waals surface area contributed by atoms with Gasteiger partial charge in [-0.15, -0.1) is 0 Å². The van der Waals surface area contributed by atoms with Gasteiger partial charge in [-0.3, -0.25) is 4.79 Å². The van der Waals surface area contributed by atoms with Gasteiger partial charge >= 0.3 is 6.09 Å². The first-order valence-electron chi connectivity index (χ1n) is 8.22. The fourth-order valence-electron chi connectivity index (χ4n) is 3.08. The molecule has 1 atom stereocenters. The molecule has 7 heteroatoms. The van der Waals surface area contributed by atoms with Crippen LogP contribution in [0.2, 0.25) is 0 Å². The molecule has 0 saturated carbocycles. The molecule has 0 saturated heterocycles. The summed E-state index contributed by atoms with van der Waals surface area (Å²) in [5.74, 6) is -1.61. The fraction of sp³-hybridized carbons (Fsp3) is 0.200. The molecular formula is C20H17F2NO4. The Bertz CT molecular complexity index is 1120. The third-order valence-corrected chi connectivity index (χ3v) is 4.37. The summed E-state index contributed by atoms with van der Waals surface area (Å²) in [6, 6.07) is 5.66. The largest absolute Gasteiger partial charge is 0.465 e. The number of amides is 1. The summed E-state index contributed by atoms with van der Waals surface area (Å²) >= 11 is 0. The van der Waals surface area contributed by atoms with Gasteiger partial charge in [0.2, 0.25) is 0 Å². The molecule has 27 heavy (non-hydrogen) atoms. The first-order chi connectivity index (χ1) is 12.7. The van der Waals surface area contributed by atoms with Crippen molar-refractivity contribution in [3.05, 3.63) is 68.9 Å². The molecule has 140 valence electrons. The van der Waals surface area contributed by atoms with Gasteiger partial charge in [0.25, 0.3) is 0 Å². The van der Waals surface area contributed by atoms with Crippen LogP contribution in [0.15, 0.2) is 39.5 Å². The first-order valence-corrected chi connectivity index (χ1v) is 8.22. The van der Waals surface area contributed by atoms with Gasteiger partial charge in [-0.2, -0.15) is 0 Å². The fourth-order valence-corrected chi connectivity index (χ4v) is 3.08. The highest BCUT2D eigenvalue weighted by atomic mass is 19.1. The number of nitrogens with one attached hydrogen (secondary N) is 1. The Hall–Kier alpha value is -3.22. The molecule has 5 nitrogen and oxygen atoms in total. The van der Waals surface area contributed by atoms with E-state index in [1.54, 1.807) is 26.0 Å². The van der Waals surface area contributed by atoms with Crippen molar-refractivity contribution < 1.29 is 23.1 Å². The number of benzene rings is 2. The summed E-state index contributed by atoms with van der Waals surface area (Å²) in [5.41, 5.74) is 1.15. The molecule has 0 fully saturated rings. The Labute approximate surface area is 153 Å². The van der Waals surface area contributed by atoms with Crippen molar-refractivity contribution in [2.45, 2.75) is 26.8 Å². The van der Waals surface area contributed by atoms with Crippen molar-refractivity contribution in [3.63, 3.8) is 0 Å². The quantitative estimate of drug-likeness (QED) is 0.698. The molecule has 3 rings (SSSR count). The van der Waals surface area contributed by atoms with Crippen molar-refractivity contribution in [3.8, 4) is 11.3 Å². The van der Waals surface area contributed by atoms with E-state index < -0.39 is 23.8 Å². The predicted molar refractivity (Wildman–Crippen MR) is 96.9 cm³/mol. The van der Waals surface area contributed by atoms with Crippen LogP contribution in [0.3, 0.4) is 0 Å². The third kappa shape index (κ3) is 3.40. The number of carbonyl (C=O) groups is 1. The van der Waals surface area contributed by atoms with E-state index in [1.807, 2.05) is 0 Å². The van der Waals surface area contributed by atoms with Gasteiger partial charge in [-0.05, 0) is 44.5 Å². The highest BCUT2D eigenvalue weighted by Gasteiger charge is 2.21. The normalized spacial score (nSPS) is 12.2. The van der Waals surface area contributed by atoms with Crippen LogP contribution in [-0.2, 0) is 0 Å². The van der Waals surface area contributed by atoms with Crippen molar-refractivity contribution in [2.75, 3.05) is 0 Å². The number of carboxylic acid groups (broad SMARTS) is 1. The number of rotatable bonds is 3. The van der Waals surface area contributed by atoms with Crippen LogP contribution in [-0.4, -0.2) is 11.2 Å². The predicted octanol–water partition coefficient (Wildman–Crippen LogP) is 4.68. The maximum absolute atomic E-state index is 14.3. The number of fused-ring (bicyclic) bond motifs is 1. The second-order valence-electron chi connectivity index (χ2n) is 6.41. The van der Waals surface area contributed by atoms with E-state index in [-0.39, 0.29) is 33.3 Å². The highest BCUT2D eigenvalue weighted by Crippen LogP contribution is 2.32. The van der Waals surface area contributed by atoms with Gasteiger partial charge in [0.1, 0.15) is 23.0 Å². The van der Waals surface area contributed by atoms with Crippen molar-refractivity contribution in [1.29, 1.82) is 0 Å². The SMILES string of the molecule is Cc1cc(C(C)NC(=O)O)c2oc(-c3ccc(F)cc3F)c(C)c(=O)c2c1. The lowest BCUT2D eigenvalue weighted by Crippen LogP contribution is -2.25. The molecule has 0 radical (unpaired) electrons. The van der Waals surface area contributed by atoms with Crippen LogP contribution in [0.1, 0.15) is 29.7 Å². The molecule has 3 aromatic rings. The molecule has 2 aromatic carbocycles. The summed E-state index contributed by atoms with van der Waals surface area (Å²) in [5, 5.41) is 11.6. The third-order valence-electron chi connectivity index (χ3n) is 4.37. The van der Waals surface area contributed by atoms with E-state index in [2.05, 4.69) is 5.32 Å². The Morgan fingerprint density at radius 2 is 1.89 bits per heavy atom. The van der Waals surface area contributed by atoms with Crippen LogP contribution in [0.5, 0.6) is 0 Å². The highest BCUT2D eigenvalue weighted by molar-refractivity contribution is 5.84. The zero-order valence-corrected chi connectivity index (χ0v) is 14.9. The summed E-state index contributed by atoms with van der Waals surface area (Å²) < 4.78 is 33.4. The van der Waals surface area contributed by atoms with Crippen LogP contribution >= 0.6 is 0 Å². The van der Waals surface area contributed by atoms with Crippen LogP contribution in [0.4, 0.5) is 13.6 Å². The van der Waals surface area contributed by atoms with Crippen LogP contribution in [0.25, 0.3) is 22.3 Å². The smallest absolute Gasteiger partial charge is 0.405 e. The average Bonchev–Trinajstić information content (AvgIpc) is 2.58. The zero-order chi connectivity index (χ0) is 19.9. The van der Waals surface area contributed by atoms with Gasteiger partial charge < -0.3 is 14.8 Å². The van der Waals surface area contributed by atoms with Crippen molar-refractivity contribution in [1.82, 2.24) is 5.32 Å². The molecule has 0 aliphatic rings. The molecule has 1 amide bonds. The molecule has 2 N–H and O–H groups in total. The summed E-state index contributed by atoms with van der Waals surface area (Å²) in [6.45, 7) is 4.89. The van der Waals surface area contributed by atoms with E-state index in [0.717, 1.165) is 11.6 Å².